The van der Waals surface area contributed by atoms with Crippen LogP contribution >= 0.6 is 0 Å². The van der Waals surface area contributed by atoms with Gasteiger partial charge in [0.1, 0.15) is 5.75 Å². The van der Waals surface area contributed by atoms with Gasteiger partial charge in [-0.25, -0.2) is 0 Å². The van der Waals surface area contributed by atoms with Gasteiger partial charge >= 0.3 is 0 Å². The van der Waals surface area contributed by atoms with E-state index in [0.717, 1.165) is 25.0 Å². The maximum absolute atomic E-state index is 9.17. The predicted molar refractivity (Wildman–Crippen MR) is 73.1 cm³/mol. The average Bonchev–Trinajstić information content (AvgIpc) is 2.38. The molecule has 0 aromatic heterocycles. The average molecular weight is 249 g/mol. The normalized spacial score (nSPS) is 24.4. The number of hydrogen-bond acceptors (Lipinski definition) is 3. The van der Waals surface area contributed by atoms with Crippen molar-refractivity contribution in [3.63, 3.8) is 0 Å². The molecule has 3 nitrogen and oxygen atoms in total. The smallest absolute Gasteiger partial charge is 0.119 e. The number of nitrogens with one attached hydrogen (secondary N) is 1. The first-order valence-electron chi connectivity index (χ1n) is 6.77. The Hall–Kier alpha value is -1.06. The first kappa shape index (κ1) is 13.4. The number of ether oxygens (including phenoxy) is 1. The van der Waals surface area contributed by atoms with Crippen LogP contribution in [0.5, 0.6) is 5.75 Å². The Balaban J connectivity index is 1.84. The molecule has 3 heteroatoms. The number of rotatable bonds is 6. The van der Waals surface area contributed by atoms with Crippen molar-refractivity contribution < 1.29 is 9.84 Å². The fourth-order valence-corrected chi connectivity index (χ4v) is 2.55. The molecule has 0 amide bonds. The topological polar surface area (TPSA) is 41.5 Å². The first-order chi connectivity index (χ1) is 8.76. The lowest BCUT2D eigenvalue weighted by atomic mass is 9.75. The van der Waals surface area contributed by atoms with E-state index in [-0.39, 0.29) is 12.6 Å². The lowest BCUT2D eigenvalue weighted by Crippen LogP contribution is -2.46. The summed E-state index contributed by atoms with van der Waals surface area (Å²) in [6.07, 6.45) is 3.30. The molecule has 0 heterocycles. The number of aliphatic hydroxyl groups is 1. The minimum Gasteiger partial charge on any atom is -0.497 e. The van der Waals surface area contributed by atoms with Crippen LogP contribution in [0.15, 0.2) is 24.3 Å². The van der Waals surface area contributed by atoms with Gasteiger partial charge in [0.25, 0.3) is 0 Å². The molecule has 1 aromatic rings. The van der Waals surface area contributed by atoms with E-state index in [0.29, 0.717) is 12.0 Å². The Bertz CT molecular complexity index is 371. The van der Waals surface area contributed by atoms with Gasteiger partial charge in [0.05, 0.1) is 13.7 Å². The molecule has 2 N–H and O–H groups in total. The highest BCUT2D eigenvalue weighted by Gasteiger charge is 2.31. The van der Waals surface area contributed by atoms with Gasteiger partial charge in [-0.1, -0.05) is 19.1 Å². The highest BCUT2D eigenvalue weighted by Crippen LogP contribution is 2.38. The van der Waals surface area contributed by atoms with Crippen molar-refractivity contribution >= 4 is 0 Å². The molecular formula is C15H23NO2. The second kappa shape index (κ2) is 6.21. The molecule has 1 saturated carbocycles. The summed E-state index contributed by atoms with van der Waals surface area (Å²) in [4.78, 5) is 0. The SMILES string of the molecule is CC[C@@H](CO)NC1CC(c2cccc(OC)c2)C1. The standard InChI is InChI=1S/C15H23NO2/c1-3-13(10-17)16-14-7-12(8-14)11-5-4-6-15(9-11)18-2/h4-6,9,12-14,16-17H,3,7-8,10H2,1-2H3/t12?,13-,14?/m0/s1. The van der Waals surface area contributed by atoms with Crippen molar-refractivity contribution in [3.8, 4) is 5.75 Å². The molecule has 0 bridgehead atoms. The van der Waals surface area contributed by atoms with Crippen LogP contribution in [0.1, 0.15) is 37.7 Å². The fourth-order valence-electron chi connectivity index (χ4n) is 2.55. The molecule has 1 aliphatic carbocycles. The van der Waals surface area contributed by atoms with Gasteiger partial charge in [0.2, 0.25) is 0 Å². The van der Waals surface area contributed by atoms with Gasteiger partial charge in [0, 0.05) is 12.1 Å². The zero-order chi connectivity index (χ0) is 13.0. The third-order valence-corrected chi connectivity index (χ3v) is 3.89. The van der Waals surface area contributed by atoms with Crippen molar-refractivity contribution in [2.45, 2.75) is 44.2 Å². The number of aliphatic hydroxyl groups excluding tert-OH is 1. The molecule has 1 atom stereocenters. The zero-order valence-electron chi connectivity index (χ0n) is 11.2. The molecule has 1 fully saturated rings. The lowest BCUT2D eigenvalue weighted by Gasteiger charge is -2.38. The van der Waals surface area contributed by atoms with E-state index in [1.165, 1.54) is 5.56 Å². The van der Waals surface area contributed by atoms with Crippen LogP contribution in [0.4, 0.5) is 0 Å². The summed E-state index contributed by atoms with van der Waals surface area (Å²) in [7, 11) is 1.71. The van der Waals surface area contributed by atoms with E-state index < -0.39 is 0 Å². The lowest BCUT2D eigenvalue weighted by molar-refractivity contribution is 0.193. The minimum atomic E-state index is 0.233. The van der Waals surface area contributed by atoms with Gasteiger partial charge in [-0.05, 0) is 42.9 Å². The second-order valence-electron chi connectivity index (χ2n) is 5.10. The third kappa shape index (κ3) is 3.03. The summed E-state index contributed by atoms with van der Waals surface area (Å²) in [5, 5.41) is 12.7. The second-order valence-corrected chi connectivity index (χ2v) is 5.10. The Kier molecular flexibility index (Phi) is 4.61. The zero-order valence-corrected chi connectivity index (χ0v) is 11.2. The molecule has 0 aliphatic heterocycles. The van der Waals surface area contributed by atoms with E-state index in [2.05, 4.69) is 30.4 Å². The van der Waals surface area contributed by atoms with Crippen LogP contribution in [0, 0.1) is 0 Å². The van der Waals surface area contributed by atoms with Gasteiger partial charge in [-0.2, -0.15) is 0 Å². The van der Waals surface area contributed by atoms with Gasteiger partial charge < -0.3 is 15.2 Å². The Morgan fingerprint density at radius 1 is 1.44 bits per heavy atom. The maximum Gasteiger partial charge on any atom is 0.119 e. The van der Waals surface area contributed by atoms with Gasteiger partial charge in [-0.3, -0.25) is 0 Å². The van der Waals surface area contributed by atoms with E-state index in [1.54, 1.807) is 7.11 Å². The van der Waals surface area contributed by atoms with E-state index >= 15 is 0 Å². The van der Waals surface area contributed by atoms with Crippen LogP contribution in [-0.4, -0.2) is 30.9 Å². The number of methoxy groups -OCH3 is 1. The van der Waals surface area contributed by atoms with Crippen molar-refractivity contribution in [1.82, 2.24) is 5.32 Å². The number of hydrogen-bond donors (Lipinski definition) is 2. The molecule has 0 unspecified atom stereocenters. The molecular weight excluding hydrogens is 226 g/mol. The molecule has 1 aliphatic rings. The fraction of sp³-hybridized carbons (Fsp3) is 0.600. The van der Waals surface area contributed by atoms with Crippen molar-refractivity contribution in [2.24, 2.45) is 0 Å². The van der Waals surface area contributed by atoms with Crippen molar-refractivity contribution in [2.75, 3.05) is 13.7 Å². The quantitative estimate of drug-likeness (QED) is 0.813. The molecule has 0 spiro atoms. The van der Waals surface area contributed by atoms with Crippen LogP contribution < -0.4 is 10.1 Å². The molecule has 0 saturated heterocycles. The summed E-state index contributed by atoms with van der Waals surface area (Å²) >= 11 is 0. The minimum absolute atomic E-state index is 0.233. The van der Waals surface area contributed by atoms with Crippen LogP contribution in [0.3, 0.4) is 0 Å². The van der Waals surface area contributed by atoms with E-state index in [1.807, 2.05) is 6.07 Å². The van der Waals surface area contributed by atoms with Crippen LogP contribution in [0.2, 0.25) is 0 Å². The largest absolute Gasteiger partial charge is 0.497 e. The van der Waals surface area contributed by atoms with Crippen molar-refractivity contribution in [1.29, 1.82) is 0 Å². The molecule has 18 heavy (non-hydrogen) atoms. The summed E-state index contributed by atoms with van der Waals surface area (Å²) < 4.78 is 5.25. The molecule has 1 aromatic carbocycles. The van der Waals surface area contributed by atoms with Gasteiger partial charge in [-0.15, -0.1) is 0 Å². The highest BCUT2D eigenvalue weighted by molar-refractivity contribution is 5.32. The molecule has 100 valence electrons. The summed E-state index contributed by atoms with van der Waals surface area (Å²) in [5.41, 5.74) is 1.37. The summed E-state index contributed by atoms with van der Waals surface area (Å²) in [6, 6.07) is 9.14. The third-order valence-electron chi connectivity index (χ3n) is 3.89. The molecule has 2 rings (SSSR count). The van der Waals surface area contributed by atoms with E-state index in [9.17, 15) is 0 Å². The monoisotopic (exact) mass is 249 g/mol. The summed E-state index contributed by atoms with van der Waals surface area (Å²) in [5.74, 6) is 1.57. The highest BCUT2D eigenvalue weighted by atomic mass is 16.5. The Labute approximate surface area is 109 Å². The predicted octanol–water partition coefficient (Wildman–Crippen LogP) is 2.30. The van der Waals surface area contributed by atoms with E-state index in [4.69, 9.17) is 9.84 Å². The Morgan fingerprint density at radius 2 is 2.22 bits per heavy atom. The van der Waals surface area contributed by atoms with Crippen LogP contribution in [0.25, 0.3) is 0 Å². The van der Waals surface area contributed by atoms with Crippen LogP contribution in [-0.2, 0) is 0 Å². The first-order valence-corrected chi connectivity index (χ1v) is 6.77. The van der Waals surface area contributed by atoms with Crippen molar-refractivity contribution in [3.05, 3.63) is 29.8 Å². The van der Waals surface area contributed by atoms with Gasteiger partial charge in [0.15, 0.2) is 0 Å². The molecule has 0 radical (unpaired) electrons. The Morgan fingerprint density at radius 3 is 2.83 bits per heavy atom. The maximum atomic E-state index is 9.17. The number of benzene rings is 1. The summed E-state index contributed by atoms with van der Waals surface area (Å²) in [6.45, 7) is 2.34.